The maximum Gasteiger partial charge on any atom is 0.407 e. The lowest BCUT2D eigenvalue weighted by Gasteiger charge is -2.18. The minimum absolute atomic E-state index is 0.105. The van der Waals surface area contributed by atoms with Crippen LogP contribution in [0.25, 0.3) is 11.1 Å². The van der Waals surface area contributed by atoms with Gasteiger partial charge < -0.3 is 15.2 Å². The molecule has 3 aromatic carbocycles. The molecule has 4 rings (SSSR count). The van der Waals surface area contributed by atoms with Crippen molar-refractivity contribution >= 4 is 12.1 Å². The van der Waals surface area contributed by atoms with Gasteiger partial charge in [0.1, 0.15) is 18.5 Å². The van der Waals surface area contributed by atoms with E-state index in [1.54, 1.807) is 19.1 Å². The van der Waals surface area contributed by atoms with Gasteiger partial charge in [0, 0.05) is 5.92 Å². The first-order valence-corrected chi connectivity index (χ1v) is 10.5. The summed E-state index contributed by atoms with van der Waals surface area (Å²) < 4.78 is 19.2. The summed E-state index contributed by atoms with van der Waals surface area (Å²) in [4.78, 5) is 24.1. The fourth-order valence-electron chi connectivity index (χ4n) is 4.26. The average Bonchev–Trinajstić information content (AvgIpc) is 3.11. The summed E-state index contributed by atoms with van der Waals surface area (Å²) in [6.45, 7) is 1.76. The maximum atomic E-state index is 13.7. The highest BCUT2D eigenvalue weighted by Crippen LogP contribution is 2.44. The van der Waals surface area contributed by atoms with Crippen LogP contribution < -0.4 is 5.32 Å². The molecule has 0 spiro atoms. The highest BCUT2D eigenvalue weighted by Gasteiger charge is 2.29. The van der Waals surface area contributed by atoms with Crippen molar-refractivity contribution in [3.63, 3.8) is 0 Å². The normalized spacial score (nSPS) is 13.2. The van der Waals surface area contributed by atoms with Crippen molar-refractivity contribution in [3.05, 3.63) is 94.8 Å². The third-order valence-electron chi connectivity index (χ3n) is 6.02. The van der Waals surface area contributed by atoms with Gasteiger partial charge in [-0.1, -0.05) is 60.7 Å². The van der Waals surface area contributed by atoms with Crippen molar-refractivity contribution in [2.45, 2.75) is 31.7 Å². The second kappa shape index (κ2) is 9.22. The van der Waals surface area contributed by atoms with Crippen LogP contribution in [0.4, 0.5) is 9.18 Å². The minimum atomic E-state index is -1.16. The van der Waals surface area contributed by atoms with Gasteiger partial charge in [-0.25, -0.2) is 14.0 Å². The third-order valence-corrected chi connectivity index (χ3v) is 6.02. The fourth-order valence-corrected chi connectivity index (χ4v) is 4.26. The van der Waals surface area contributed by atoms with Crippen molar-refractivity contribution in [2.24, 2.45) is 0 Å². The smallest absolute Gasteiger partial charge is 0.407 e. The van der Waals surface area contributed by atoms with Crippen LogP contribution in [0, 0.1) is 12.7 Å². The molecular weight excluding hydrogens is 409 g/mol. The number of fused-ring (bicyclic) bond motifs is 3. The number of alkyl carbamates (subject to hydrolysis) is 1. The average molecular weight is 433 g/mol. The largest absolute Gasteiger partial charge is 0.480 e. The summed E-state index contributed by atoms with van der Waals surface area (Å²) in [6, 6.07) is 19.6. The number of carboxylic acid groups (broad SMARTS) is 1. The summed E-state index contributed by atoms with van der Waals surface area (Å²) >= 11 is 0. The van der Waals surface area contributed by atoms with Crippen LogP contribution in [0.5, 0.6) is 0 Å². The number of hydrogen-bond donors (Lipinski definition) is 2. The second-order valence-electron chi connectivity index (χ2n) is 7.92. The lowest BCUT2D eigenvalue weighted by atomic mass is 9.98. The molecule has 1 aliphatic rings. The van der Waals surface area contributed by atoms with Gasteiger partial charge in [-0.05, 0) is 59.2 Å². The van der Waals surface area contributed by atoms with Crippen molar-refractivity contribution in [1.82, 2.24) is 5.32 Å². The summed E-state index contributed by atoms with van der Waals surface area (Å²) in [7, 11) is 0. The number of ether oxygens (including phenoxy) is 1. The topological polar surface area (TPSA) is 75.6 Å². The molecule has 1 atom stereocenters. The zero-order valence-corrected chi connectivity index (χ0v) is 17.7. The molecule has 1 amide bonds. The molecule has 2 N–H and O–H groups in total. The first kappa shape index (κ1) is 21.6. The van der Waals surface area contributed by atoms with Crippen LogP contribution in [0.15, 0.2) is 66.7 Å². The van der Waals surface area contributed by atoms with E-state index >= 15 is 0 Å². The Bertz CT molecular complexity index is 1110. The quantitative estimate of drug-likeness (QED) is 0.546. The third kappa shape index (κ3) is 4.35. The Labute approximate surface area is 185 Å². The Kier molecular flexibility index (Phi) is 6.21. The zero-order valence-electron chi connectivity index (χ0n) is 17.7. The highest BCUT2D eigenvalue weighted by atomic mass is 19.1. The molecule has 0 aliphatic heterocycles. The number of aliphatic carboxylic acids is 1. The van der Waals surface area contributed by atoms with Crippen molar-refractivity contribution in [3.8, 4) is 11.1 Å². The minimum Gasteiger partial charge on any atom is -0.480 e. The molecule has 3 aromatic rings. The fraction of sp³-hybridized carbons (Fsp3) is 0.231. The summed E-state index contributed by atoms with van der Waals surface area (Å²) in [5, 5.41) is 12.0. The van der Waals surface area contributed by atoms with Gasteiger partial charge in [-0.3, -0.25) is 0 Å². The standard InChI is InChI=1S/C26H24FNO4/c1-16-17(7-6-12-23(16)27)13-14-24(25(29)30)28-26(31)32-15-22-20-10-4-2-8-18(20)19-9-3-5-11-21(19)22/h2-12,22,24H,13-15H2,1H3,(H,28,31)(H,29,30)/t24-/m0/s1. The Balaban J connectivity index is 1.39. The molecule has 0 heterocycles. The van der Waals surface area contributed by atoms with Crippen LogP contribution in [0.3, 0.4) is 0 Å². The van der Waals surface area contributed by atoms with Crippen molar-refractivity contribution in [2.75, 3.05) is 6.61 Å². The summed E-state index contributed by atoms with van der Waals surface area (Å²) in [5.74, 6) is -1.60. The van der Waals surface area contributed by atoms with Gasteiger partial charge in [0.15, 0.2) is 0 Å². The Hall–Kier alpha value is -3.67. The van der Waals surface area contributed by atoms with Gasteiger partial charge in [0.25, 0.3) is 0 Å². The van der Waals surface area contributed by atoms with E-state index in [-0.39, 0.29) is 24.8 Å². The molecule has 0 unspecified atom stereocenters. The lowest BCUT2D eigenvalue weighted by Crippen LogP contribution is -2.41. The van der Waals surface area contributed by atoms with Gasteiger partial charge in [-0.2, -0.15) is 0 Å². The molecule has 6 heteroatoms. The Morgan fingerprint density at radius 1 is 1.00 bits per heavy atom. The van der Waals surface area contributed by atoms with E-state index in [1.807, 2.05) is 48.5 Å². The summed E-state index contributed by atoms with van der Waals surface area (Å²) in [5.41, 5.74) is 5.59. The van der Waals surface area contributed by atoms with Gasteiger partial charge in [0.2, 0.25) is 0 Å². The Morgan fingerprint density at radius 2 is 1.62 bits per heavy atom. The second-order valence-corrected chi connectivity index (χ2v) is 7.92. The molecule has 0 saturated carbocycles. The van der Waals surface area contributed by atoms with Crippen molar-refractivity contribution in [1.29, 1.82) is 0 Å². The first-order valence-electron chi connectivity index (χ1n) is 10.5. The number of aryl methyl sites for hydroxylation is 1. The number of hydrogen-bond acceptors (Lipinski definition) is 3. The number of rotatable bonds is 7. The van der Waals surface area contributed by atoms with E-state index in [4.69, 9.17) is 4.74 Å². The van der Waals surface area contributed by atoms with Gasteiger partial charge in [-0.15, -0.1) is 0 Å². The molecule has 32 heavy (non-hydrogen) atoms. The number of carboxylic acids is 1. The van der Waals surface area contributed by atoms with Crippen LogP contribution in [-0.2, 0) is 16.0 Å². The Morgan fingerprint density at radius 3 is 2.25 bits per heavy atom. The number of halogens is 1. The predicted octanol–water partition coefficient (Wildman–Crippen LogP) is 5.06. The number of benzene rings is 3. The number of amides is 1. The number of nitrogens with one attached hydrogen (secondary N) is 1. The molecule has 0 saturated heterocycles. The molecular formula is C26H24FNO4. The van der Waals surface area contributed by atoms with E-state index in [9.17, 15) is 19.1 Å². The lowest BCUT2D eigenvalue weighted by molar-refractivity contribution is -0.139. The van der Waals surface area contributed by atoms with Gasteiger partial charge in [0.05, 0.1) is 0 Å². The maximum absolute atomic E-state index is 13.7. The predicted molar refractivity (Wildman–Crippen MR) is 119 cm³/mol. The van der Waals surface area contributed by atoms with E-state index < -0.39 is 18.1 Å². The molecule has 0 fully saturated rings. The number of carbonyl (C=O) groups excluding carboxylic acids is 1. The summed E-state index contributed by atoms with van der Waals surface area (Å²) in [6.07, 6.45) is -0.330. The van der Waals surface area contributed by atoms with Crippen LogP contribution in [0.2, 0.25) is 0 Å². The van der Waals surface area contributed by atoms with Gasteiger partial charge >= 0.3 is 12.1 Å². The molecule has 5 nitrogen and oxygen atoms in total. The van der Waals surface area contributed by atoms with E-state index in [1.165, 1.54) is 6.07 Å². The molecule has 0 radical (unpaired) electrons. The van der Waals surface area contributed by atoms with E-state index in [0.29, 0.717) is 17.5 Å². The first-order chi connectivity index (χ1) is 15.5. The van der Waals surface area contributed by atoms with E-state index in [2.05, 4.69) is 5.32 Å². The number of carbonyl (C=O) groups is 2. The van der Waals surface area contributed by atoms with E-state index in [0.717, 1.165) is 22.3 Å². The van der Waals surface area contributed by atoms with Crippen LogP contribution >= 0.6 is 0 Å². The van der Waals surface area contributed by atoms with Crippen LogP contribution in [0.1, 0.15) is 34.6 Å². The van der Waals surface area contributed by atoms with Crippen LogP contribution in [-0.4, -0.2) is 29.8 Å². The molecule has 0 aromatic heterocycles. The SMILES string of the molecule is Cc1c(F)cccc1CC[C@H](NC(=O)OCC1c2ccccc2-c2ccccc21)C(=O)O. The molecule has 0 bridgehead atoms. The monoisotopic (exact) mass is 433 g/mol. The van der Waals surface area contributed by atoms with Crippen molar-refractivity contribution < 1.29 is 23.8 Å². The molecule has 1 aliphatic carbocycles. The molecule has 164 valence electrons. The zero-order chi connectivity index (χ0) is 22.7. The highest BCUT2D eigenvalue weighted by molar-refractivity contribution is 5.81.